The van der Waals surface area contributed by atoms with Crippen molar-refractivity contribution in [3.05, 3.63) is 0 Å². The molecular formula is C14H25NO2. The maximum Gasteiger partial charge on any atom is 0.323 e. The van der Waals surface area contributed by atoms with Crippen molar-refractivity contribution in [1.29, 1.82) is 0 Å². The summed E-state index contributed by atoms with van der Waals surface area (Å²) in [5.41, 5.74) is 0. The van der Waals surface area contributed by atoms with Gasteiger partial charge in [-0.2, -0.15) is 0 Å². The average Bonchev–Trinajstić information content (AvgIpc) is 3.11. The summed E-state index contributed by atoms with van der Waals surface area (Å²) in [5, 5.41) is 3.57. The molecule has 0 bridgehead atoms. The van der Waals surface area contributed by atoms with Crippen LogP contribution in [-0.2, 0) is 9.53 Å². The van der Waals surface area contributed by atoms with Crippen LogP contribution in [0.25, 0.3) is 0 Å². The van der Waals surface area contributed by atoms with Crippen molar-refractivity contribution in [3.63, 3.8) is 0 Å². The zero-order valence-corrected chi connectivity index (χ0v) is 11.2. The SMILES string of the molecule is CCC1CCC(NC(C(=O)OC)C2CC2)C1C. The summed E-state index contributed by atoms with van der Waals surface area (Å²) < 4.78 is 4.91. The zero-order chi connectivity index (χ0) is 12.4. The molecule has 2 fully saturated rings. The molecule has 0 heterocycles. The minimum atomic E-state index is -0.0698. The van der Waals surface area contributed by atoms with Crippen LogP contribution in [0.15, 0.2) is 0 Å². The highest BCUT2D eigenvalue weighted by Gasteiger charge is 2.41. The number of esters is 1. The van der Waals surface area contributed by atoms with Crippen LogP contribution in [0.4, 0.5) is 0 Å². The molecule has 3 nitrogen and oxygen atoms in total. The molecule has 0 radical (unpaired) electrons. The Morgan fingerprint density at radius 3 is 2.53 bits per heavy atom. The Labute approximate surface area is 104 Å². The van der Waals surface area contributed by atoms with E-state index in [4.69, 9.17) is 4.74 Å². The highest BCUT2D eigenvalue weighted by Crippen LogP contribution is 2.37. The Morgan fingerprint density at radius 2 is 2.06 bits per heavy atom. The van der Waals surface area contributed by atoms with Crippen molar-refractivity contribution < 1.29 is 9.53 Å². The lowest BCUT2D eigenvalue weighted by molar-refractivity contribution is -0.144. The van der Waals surface area contributed by atoms with Crippen molar-refractivity contribution >= 4 is 5.97 Å². The van der Waals surface area contributed by atoms with Gasteiger partial charge >= 0.3 is 5.97 Å². The molecule has 0 saturated heterocycles. The Morgan fingerprint density at radius 1 is 1.35 bits per heavy atom. The molecule has 4 atom stereocenters. The Balaban J connectivity index is 1.92. The number of nitrogens with one attached hydrogen (secondary N) is 1. The lowest BCUT2D eigenvalue weighted by atomic mass is 9.93. The Hall–Kier alpha value is -0.570. The average molecular weight is 239 g/mol. The zero-order valence-electron chi connectivity index (χ0n) is 11.2. The standard InChI is InChI=1S/C14H25NO2/c1-4-10-7-8-12(9(10)2)15-13(11-5-6-11)14(16)17-3/h9-13,15H,4-8H2,1-3H3. The van der Waals surface area contributed by atoms with Gasteiger partial charge in [-0.3, -0.25) is 4.79 Å². The van der Waals surface area contributed by atoms with Gasteiger partial charge in [-0.25, -0.2) is 0 Å². The summed E-state index contributed by atoms with van der Waals surface area (Å²) in [6, 6.07) is 0.452. The maximum atomic E-state index is 11.8. The monoisotopic (exact) mass is 239 g/mol. The second kappa shape index (κ2) is 5.38. The molecule has 1 N–H and O–H groups in total. The second-order valence-electron chi connectivity index (χ2n) is 5.72. The summed E-state index contributed by atoms with van der Waals surface area (Å²) in [7, 11) is 1.49. The number of rotatable bonds is 5. The van der Waals surface area contributed by atoms with Crippen LogP contribution in [0, 0.1) is 17.8 Å². The first-order chi connectivity index (χ1) is 8.17. The van der Waals surface area contributed by atoms with Crippen LogP contribution >= 0.6 is 0 Å². The van der Waals surface area contributed by atoms with E-state index in [9.17, 15) is 4.79 Å². The van der Waals surface area contributed by atoms with Gasteiger partial charge in [0.05, 0.1) is 7.11 Å². The molecule has 0 aliphatic heterocycles. The summed E-state index contributed by atoms with van der Waals surface area (Å²) in [5.74, 6) is 1.96. The smallest absolute Gasteiger partial charge is 0.323 e. The molecule has 0 aromatic heterocycles. The predicted molar refractivity (Wildman–Crippen MR) is 67.6 cm³/mol. The lowest BCUT2D eigenvalue weighted by Crippen LogP contribution is -2.46. The summed E-state index contributed by atoms with van der Waals surface area (Å²) >= 11 is 0. The van der Waals surface area contributed by atoms with E-state index in [-0.39, 0.29) is 12.0 Å². The van der Waals surface area contributed by atoms with Gasteiger partial charge in [0.15, 0.2) is 0 Å². The largest absolute Gasteiger partial charge is 0.468 e. The van der Waals surface area contributed by atoms with E-state index >= 15 is 0 Å². The van der Waals surface area contributed by atoms with Crippen molar-refractivity contribution in [1.82, 2.24) is 5.32 Å². The first-order valence-corrected chi connectivity index (χ1v) is 7.01. The normalized spacial score (nSPS) is 34.6. The van der Waals surface area contributed by atoms with Crippen LogP contribution in [0.5, 0.6) is 0 Å². The summed E-state index contributed by atoms with van der Waals surface area (Å²) in [6.45, 7) is 4.59. The summed E-state index contributed by atoms with van der Waals surface area (Å²) in [6.07, 6.45) is 6.11. The van der Waals surface area contributed by atoms with Crippen LogP contribution < -0.4 is 5.32 Å². The van der Waals surface area contributed by atoms with Crippen LogP contribution in [0.2, 0.25) is 0 Å². The van der Waals surface area contributed by atoms with Gasteiger partial charge in [-0.15, -0.1) is 0 Å². The number of ether oxygens (including phenoxy) is 1. The minimum absolute atomic E-state index is 0.0527. The first kappa shape index (κ1) is 12.9. The fourth-order valence-electron chi connectivity index (χ4n) is 3.24. The molecule has 98 valence electrons. The van der Waals surface area contributed by atoms with Crippen LogP contribution in [-0.4, -0.2) is 25.2 Å². The van der Waals surface area contributed by atoms with Gasteiger partial charge in [0, 0.05) is 6.04 Å². The molecule has 0 aromatic rings. The van der Waals surface area contributed by atoms with E-state index in [2.05, 4.69) is 19.2 Å². The third-order valence-electron chi connectivity index (χ3n) is 4.69. The van der Waals surface area contributed by atoms with Crippen LogP contribution in [0.1, 0.15) is 46.0 Å². The van der Waals surface area contributed by atoms with E-state index in [0.29, 0.717) is 17.9 Å². The minimum Gasteiger partial charge on any atom is -0.468 e. The van der Waals surface area contributed by atoms with Crippen molar-refractivity contribution in [2.24, 2.45) is 17.8 Å². The lowest BCUT2D eigenvalue weighted by Gasteiger charge is -2.25. The molecule has 2 aliphatic rings. The molecule has 2 aliphatic carbocycles. The number of carbonyl (C=O) groups excluding carboxylic acids is 1. The molecule has 3 heteroatoms. The predicted octanol–water partition coefficient (Wildman–Crippen LogP) is 2.35. The third-order valence-corrected chi connectivity index (χ3v) is 4.69. The van der Waals surface area contributed by atoms with Gasteiger partial charge < -0.3 is 10.1 Å². The third kappa shape index (κ3) is 2.82. The van der Waals surface area contributed by atoms with Crippen molar-refractivity contribution in [2.45, 2.75) is 58.0 Å². The molecule has 0 spiro atoms. The maximum absolute atomic E-state index is 11.8. The number of hydrogen-bond acceptors (Lipinski definition) is 3. The molecular weight excluding hydrogens is 214 g/mol. The van der Waals surface area contributed by atoms with Gasteiger partial charge in [0.25, 0.3) is 0 Å². The molecule has 17 heavy (non-hydrogen) atoms. The topological polar surface area (TPSA) is 38.3 Å². The number of carbonyl (C=O) groups is 1. The first-order valence-electron chi connectivity index (χ1n) is 7.01. The fraction of sp³-hybridized carbons (Fsp3) is 0.929. The number of hydrogen-bond donors (Lipinski definition) is 1. The fourth-order valence-corrected chi connectivity index (χ4v) is 3.24. The van der Waals surface area contributed by atoms with Crippen molar-refractivity contribution in [3.8, 4) is 0 Å². The van der Waals surface area contributed by atoms with E-state index in [1.165, 1.54) is 39.2 Å². The summed E-state index contributed by atoms with van der Waals surface area (Å²) in [4.78, 5) is 11.8. The van der Waals surface area contributed by atoms with Crippen LogP contribution in [0.3, 0.4) is 0 Å². The molecule has 4 unspecified atom stereocenters. The van der Waals surface area contributed by atoms with E-state index in [1.807, 2.05) is 0 Å². The highest BCUT2D eigenvalue weighted by atomic mass is 16.5. The molecule has 2 saturated carbocycles. The Bertz CT molecular complexity index is 275. The van der Waals surface area contributed by atoms with E-state index in [1.54, 1.807) is 0 Å². The second-order valence-corrected chi connectivity index (χ2v) is 5.72. The van der Waals surface area contributed by atoms with Crippen molar-refractivity contribution in [2.75, 3.05) is 7.11 Å². The van der Waals surface area contributed by atoms with Gasteiger partial charge in [-0.05, 0) is 43.4 Å². The molecule has 0 amide bonds. The Kier molecular flexibility index (Phi) is 4.08. The number of methoxy groups -OCH3 is 1. The van der Waals surface area contributed by atoms with E-state index < -0.39 is 0 Å². The highest BCUT2D eigenvalue weighted by molar-refractivity contribution is 5.76. The molecule has 2 rings (SSSR count). The van der Waals surface area contributed by atoms with Gasteiger partial charge in [0.1, 0.15) is 6.04 Å². The van der Waals surface area contributed by atoms with Gasteiger partial charge in [0.2, 0.25) is 0 Å². The quantitative estimate of drug-likeness (QED) is 0.748. The van der Waals surface area contributed by atoms with E-state index in [0.717, 1.165) is 5.92 Å². The van der Waals surface area contributed by atoms with Gasteiger partial charge in [-0.1, -0.05) is 20.3 Å². The molecule has 0 aromatic carbocycles.